The monoisotopic (exact) mass is 388 g/mol. The summed E-state index contributed by atoms with van der Waals surface area (Å²) >= 11 is 0. The summed E-state index contributed by atoms with van der Waals surface area (Å²) < 4.78 is 5.25. The molecule has 0 aliphatic carbocycles. The highest BCUT2D eigenvalue weighted by atomic mass is 35.5. The average Bonchev–Trinajstić information content (AvgIpc) is 3.19. The van der Waals surface area contributed by atoms with Crippen LogP contribution in [0.2, 0.25) is 0 Å². The first kappa shape index (κ1) is 21.3. The Morgan fingerprint density at radius 1 is 1.15 bits per heavy atom. The Morgan fingerprint density at radius 3 is 2.33 bits per heavy atom. The molecule has 2 aromatic rings. The van der Waals surface area contributed by atoms with Crippen molar-refractivity contribution in [1.82, 2.24) is 10.6 Å². The van der Waals surface area contributed by atoms with Crippen LogP contribution in [0.4, 0.5) is 0 Å². The fourth-order valence-electron chi connectivity index (χ4n) is 3.44. The second-order valence-corrected chi connectivity index (χ2v) is 7.08. The van der Waals surface area contributed by atoms with Crippen molar-refractivity contribution in [1.29, 1.82) is 0 Å². The number of aryl methyl sites for hydroxylation is 1. The van der Waals surface area contributed by atoms with Crippen LogP contribution in [0.1, 0.15) is 42.0 Å². The number of rotatable bonds is 7. The lowest BCUT2D eigenvalue weighted by Crippen LogP contribution is -2.29. The van der Waals surface area contributed by atoms with Crippen molar-refractivity contribution >= 4 is 18.3 Å². The largest absolute Gasteiger partial charge is 0.497 e. The molecule has 0 saturated carbocycles. The zero-order chi connectivity index (χ0) is 18.4. The summed E-state index contributed by atoms with van der Waals surface area (Å²) in [6.45, 7) is 4.18. The lowest BCUT2D eigenvalue weighted by atomic mass is 9.97. The highest BCUT2D eigenvalue weighted by Crippen LogP contribution is 2.25. The van der Waals surface area contributed by atoms with Gasteiger partial charge in [0.2, 0.25) is 5.91 Å². The minimum atomic E-state index is -0.143. The van der Waals surface area contributed by atoms with Gasteiger partial charge >= 0.3 is 0 Å². The summed E-state index contributed by atoms with van der Waals surface area (Å²) in [5.41, 5.74) is 3.37. The fourth-order valence-corrected chi connectivity index (χ4v) is 3.44. The van der Waals surface area contributed by atoms with Crippen LogP contribution < -0.4 is 15.4 Å². The van der Waals surface area contributed by atoms with E-state index in [1.54, 1.807) is 7.11 Å². The molecule has 4 nitrogen and oxygen atoms in total. The minimum Gasteiger partial charge on any atom is -0.497 e. The van der Waals surface area contributed by atoms with Gasteiger partial charge in [0.25, 0.3) is 0 Å². The van der Waals surface area contributed by atoms with Crippen LogP contribution in [0, 0.1) is 12.8 Å². The number of hydrogen-bond acceptors (Lipinski definition) is 3. The molecule has 0 spiro atoms. The molecule has 2 aromatic carbocycles. The van der Waals surface area contributed by atoms with Crippen molar-refractivity contribution in [2.24, 2.45) is 5.92 Å². The van der Waals surface area contributed by atoms with Gasteiger partial charge in [-0.05, 0) is 62.0 Å². The number of carbonyl (C=O) groups is 1. The Morgan fingerprint density at radius 2 is 1.78 bits per heavy atom. The van der Waals surface area contributed by atoms with Gasteiger partial charge in [0.05, 0.1) is 13.2 Å². The summed E-state index contributed by atoms with van der Waals surface area (Å²) in [5.74, 6) is 1.55. The summed E-state index contributed by atoms with van der Waals surface area (Å²) in [6, 6.07) is 16.1. The van der Waals surface area contributed by atoms with Gasteiger partial charge in [-0.1, -0.05) is 42.0 Å². The molecule has 1 fully saturated rings. The lowest BCUT2D eigenvalue weighted by molar-refractivity contribution is -0.121. The van der Waals surface area contributed by atoms with Gasteiger partial charge in [-0.2, -0.15) is 0 Å². The normalized spacial score (nSPS) is 17.0. The Kier molecular flexibility index (Phi) is 8.14. The standard InChI is InChI=1S/C22H28N2O2.ClH/c1-16-3-6-18(7-4-16)22(19-8-10-20(26-2)11-9-19)24-21(25)12-5-17-13-14-23-15-17;/h3-4,6-11,17,22-23H,5,12-15H2,1-2H3,(H,24,25);1H. The van der Waals surface area contributed by atoms with Gasteiger partial charge in [0.15, 0.2) is 0 Å². The Labute approximate surface area is 168 Å². The van der Waals surface area contributed by atoms with Gasteiger partial charge in [0.1, 0.15) is 5.75 Å². The van der Waals surface area contributed by atoms with E-state index >= 15 is 0 Å². The summed E-state index contributed by atoms with van der Waals surface area (Å²) in [5, 5.41) is 6.59. The summed E-state index contributed by atoms with van der Waals surface area (Å²) in [4.78, 5) is 12.6. The maximum atomic E-state index is 12.6. The molecule has 5 heteroatoms. The molecule has 2 N–H and O–H groups in total. The van der Waals surface area contributed by atoms with E-state index < -0.39 is 0 Å². The van der Waals surface area contributed by atoms with Gasteiger partial charge in [-0.15, -0.1) is 12.4 Å². The third-order valence-electron chi connectivity index (χ3n) is 5.11. The van der Waals surface area contributed by atoms with Gasteiger partial charge in [-0.25, -0.2) is 0 Å². The molecule has 2 unspecified atom stereocenters. The molecule has 2 atom stereocenters. The molecule has 3 rings (SSSR count). The third-order valence-corrected chi connectivity index (χ3v) is 5.11. The first-order chi connectivity index (χ1) is 12.7. The van der Waals surface area contributed by atoms with Crippen LogP contribution in [-0.4, -0.2) is 26.1 Å². The van der Waals surface area contributed by atoms with Crippen LogP contribution in [0.15, 0.2) is 48.5 Å². The highest BCUT2D eigenvalue weighted by molar-refractivity contribution is 5.85. The average molecular weight is 389 g/mol. The quantitative estimate of drug-likeness (QED) is 0.753. The topological polar surface area (TPSA) is 50.4 Å². The van der Waals surface area contributed by atoms with Crippen LogP contribution in [0.25, 0.3) is 0 Å². The molecule has 1 saturated heterocycles. The van der Waals surface area contributed by atoms with E-state index in [0.29, 0.717) is 12.3 Å². The van der Waals surface area contributed by atoms with Crippen LogP contribution in [0.3, 0.4) is 0 Å². The first-order valence-electron chi connectivity index (χ1n) is 9.36. The van der Waals surface area contributed by atoms with Crippen molar-refractivity contribution in [2.75, 3.05) is 20.2 Å². The Bertz CT molecular complexity index is 710. The van der Waals surface area contributed by atoms with Crippen LogP contribution in [-0.2, 0) is 4.79 Å². The van der Waals surface area contributed by atoms with E-state index in [4.69, 9.17) is 4.74 Å². The highest BCUT2D eigenvalue weighted by Gasteiger charge is 2.19. The number of carbonyl (C=O) groups excluding carboxylic acids is 1. The number of nitrogens with one attached hydrogen (secondary N) is 2. The van der Waals surface area contributed by atoms with E-state index in [1.165, 1.54) is 12.0 Å². The van der Waals surface area contributed by atoms with Crippen LogP contribution in [0.5, 0.6) is 5.75 Å². The second-order valence-electron chi connectivity index (χ2n) is 7.08. The molecule has 0 bridgehead atoms. The maximum absolute atomic E-state index is 12.6. The van der Waals surface area contributed by atoms with Crippen molar-refractivity contribution in [2.45, 2.75) is 32.2 Å². The first-order valence-corrected chi connectivity index (χ1v) is 9.36. The van der Waals surface area contributed by atoms with Gasteiger partial charge in [0, 0.05) is 6.42 Å². The van der Waals surface area contributed by atoms with Crippen molar-refractivity contribution in [3.05, 3.63) is 65.2 Å². The Balaban J connectivity index is 0.00000261. The SMILES string of the molecule is COc1ccc(C(NC(=O)CCC2CCNC2)c2ccc(C)cc2)cc1.Cl. The molecule has 146 valence electrons. The summed E-state index contributed by atoms with van der Waals surface area (Å²) in [6.07, 6.45) is 2.69. The van der Waals surface area contributed by atoms with Crippen LogP contribution >= 0.6 is 12.4 Å². The number of hydrogen-bond donors (Lipinski definition) is 2. The molecule has 1 amide bonds. The molecule has 1 aliphatic heterocycles. The number of amides is 1. The zero-order valence-corrected chi connectivity index (χ0v) is 16.9. The molecule has 27 heavy (non-hydrogen) atoms. The van der Waals surface area contributed by atoms with Gasteiger partial charge < -0.3 is 15.4 Å². The predicted octanol–water partition coefficient (Wildman–Crippen LogP) is 4.02. The van der Waals surface area contributed by atoms with E-state index in [1.807, 2.05) is 24.3 Å². The second kappa shape index (κ2) is 10.3. The molecule has 1 aliphatic rings. The van der Waals surface area contributed by atoms with Crippen molar-refractivity contribution in [3.63, 3.8) is 0 Å². The molecular weight excluding hydrogens is 360 g/mol. The molecule has 1 heterocycles. The molecule has 0 radical (unpaired) electrons. The lowest BCUT2D eigenvalue weighted by Gasteiger charge is -2.21. The number of methoxy groups -OCH3 is 1. The summed E-state index contributed by atoms with van der Waals surface area (Å²) in [7, 11) is 1.66. The number of benzene rings is 2. The molecule has 0 aromatic heterocycles. The number of ether oxygens (including phenoxy) is 1. The maximum Gasteiger partial charge on any atom is 0.220 e. The van der Waals surface area contributed by atoms with E-state index in [-0.39, 0.29) is 24.4 Å². The minimum absolute atomic E-state index is 0. The Hall–Kier alpha value is -2.04. The number of halogens is 1. The smallest absolute Gasteiger partial charge is 0.220 e. The molecular formula is C22H29ClN2O2. The van der Waals surface area contributed by atoms with E-state index in [9.17, 15) is 4.79 Å². The zero-order valence-electron chi connectivity index (χ0n) is 16.0. The van der Waals surface area contributed by atoms with Crippen molar-refractivity contribution < 1.29 is 9.53 Å². The van der Waals surface area contributed by atoms with E-state index in [0.717, 1.165) is 36.4 Å². The van der Waals surface area contributed by atoms with Gasteiger partial charge in [-0.3, -0.25) is 4.79 Å². The predicted molar refractivity (Wildman–Crippen MR) is 112 cm³/mol. The fraction of sp³-hybridized carbons (Fsp3) is 0.409. The van der Waals surface area contributed by atoms with E-state index in [2.05, 4.69) is 41.8 Å². The van der Waals surface area contributed by atoms with Crippen molar-refractivity contribution in [3.8, 4) is 5.75 Å². The third kappa shape index (κ3) is 5.98.